The molecule has 2 aliphatic heterocycles. The van der Waals surface area contributed by atoms with Crippen LogP contribution in [0.3, 0.4) is 0 Å². The van der Waals surface area contributed by atoms with E-state index in [0.717, 1.165) is 18.3 Å². The predicted molar refractivity (Wildman–Crippen MR) is 103 cm³/mol. The number of aromatic nitrogens is 1. The minimum absolute atomic E-state index is 0.938. The van der Waals surface area contributed by atoms with Crippen molar-refractivity contribution >= 4 is 5.82 Å². The Morgan fingerprint density at radius 1 is 1.00 bits per heavy atom. The summed E-state index contributed by atoms with van der Waals surface area (Å²) in [5.74, 6) is 3.07. The first-order valence-electron chi connectivity index (χ1n) is 10.2. The SMILES string of the molecule is CCc1ccc(N2CCC(CC[C@H]3CCCN(CC)C3)CC2)nc1. The molecular formula is C21H35N3. The third kappa shape index (κ3) is 4.72. The standard InChI is InChI=1S/C21H35N3/c1-3-18-9-10-21(22-16-18)24-14-11-19(12-15-24)7-8-20-6-5-13-23(4-2)17-20/h9-10,16,19-20H,3-8,11-15,17H2,1-2H3/t20-/m1/s1. The summed E-state index contributed by atoms with van der Waals surface area (Å²) in [6.07, 6.45) is 11.6. The molecule has 0 amide bonds. The number of hydrogen-bond donors (Lipinski definition) is 0. The Kier molecular flexibility index (Phi) is 6.53. The average molecular weight is 330 g/mol. The lowest BCUT2D eigenvalue weighted by atomic mass is 9.86. The molecule has 0 radical (unpaired) electrons. The number of rotatable bonds is 6. The molecule has 3 nitrogen and oxygen atoms in total. The number of piperidine rings is 2. The molecule has 2 fully saturated rings. The highest BCUT2D eigenvalue weighted by molar-refractivity contribution is 5.39. The van der Waals surface area contributed by atoms with Crippen molar-refractivity contribution in [2.75, 3.05) is 37.6 Å². The Morgan fingerprint density at radius 3 is 2.46 bits per heavy atom. The minimum Gasteiger partial charge on any atom is -0.357 e. The summed E-state index contributed by atoms with van der Waals surface area (Å²) in [6.45, 7) is 10.8. The van der Waals surface area contributed by atoms with Gasteiger partial charge in [0.15, 0.2) is 0 Å². The number of nitrogens with zero attached hydrogens (tertiary/aromatic N) is 3. The average Bonchev–Trinajstić information content (AvgIpc) is 2.67. The zero-order chi connectivity index (χ0) is 16.8. The molecule has 0 N–H and O–H groups in total. The van der Waals surface area contributed by atoms with E-state index in [0.29, 0.717) is 0 Å². The van der Waals surface area contributed by atoms with Gasteiger partial charge in [-0.1, -0.05) is 26.3 Å². The highest BCUT2D eigenvalue weighted by Gasteiger charge is 2.23. The molecule has 2 aliphatic rings. The molecule has 0 aromatic carbocycles. The Labute approximate surface area is 148 Å². The van der Waals surface area contributed by atoms with Gasteiger partial charge in [-0.05, 0) is 75.1 Å². The van der Waals surface area contributed by atoms with Crippen LogP contribution in [0.1, 0.15) is 57.9 Å². The second kappa shape index (κ2) is 8.84. The zero-order valence-electron chi connectivity index (χ0n) is 15.7. The monoisotopic (exact) mass is 329 g/mol. The van der Waals surface area contributed by atoms with Crippen LogP contribution in [0.5, 0.6) is 0 Å². The quantitative estimate of drug-likeness (QED) is 0.772. The van der Waals surface area contributed by atoms with E-state index in [1.807, 2.05) is 6.20 Å². The van der Waals surface area contributed by atoms with E-state index in [2.05, 4.69) is 40.8 Å². The largest absolute Gasteiger partial charge is 0.357 e. The number of hydrogen-bond acceptors (Lipinski definition) is 3. The Hall–Kier alpha value is -1.09. The maximum Gasteiger partial charge on any atom is 0.128 e. The first kappa shape index (κ1) is 17.7. The van der Waals surface area contributed by atoms with Gasteiger partial charge in [0, 0.05) is 25.8 Å². The van der Waals surface area contributed by atoms with Gasteiger partial charge in [-0.3, -0.25) is 0 Å². The molecule has 0 aliphatic carbocycles. The summed E-state index contributed by atoms with van der Waals surface area (Å²) in [7, 11) is 0. The van der Waals surface area contributed by atoms with Gasteiger partial charge in [0.1, 0.15) is 5.82 Å². The van der Waals surface area contributed by atoms with Crippen LogP contribution in [0.15, 0.2) is 18.3 Å². The molecule has 134 valence electrons. The lowest BCUT2D eigenvalue weighted by Crippen LogP contribution is -2.36. The molecule has 1 atom stereocenters. The molecule has 3 heterocycles. The normalized spacial score (nSPS) is 23.6. The molecule has 1 aromatic rings. The number of aryl methyl sites for hydroxylation is 1. The lowest BCUT2D eigenvalue weighted by molar-refractivity contribution is 0.167. The van der Waals surface area contributed by atoms with Gasteiger partial charge >= 0.3 is 0 Å². The van der Waals surface area contributed by atoms with Crippen LogP contribution in [0.25, 0.3) is 0 Å². The second-order valence-corrected chi connectivity index (χ2v) is 7.79. The first-order chi connectivity index (χ1) is 11.8. The summed E-state index contributed by atoms with van der Waals surface area (Å²) in [5, 5.41) is 0. The van der Waals surface area contributed by atoms with Gasteiger partial charge in [0.25, 0.3) is 0 Å². The molecule has 2 saturated heterocycles. The third-order valence-corrected chi connectivity index (χ3v) is 6.19. The molecule has 3 rings (SSSR count). The molecular weight excluding hydrogens is 294 g/mol. The van der Waals surface area contributed by atoms with E-state index in [4.69, 9.17) is 0 Å². The van der Waals surface area contributed by atoms with Crippen molar-refractivity contribution < 1.29 is 0 Å². The molecule has 24 heavy (non-hydrogen) atoms. The van der Waals surface area contributed by atoms with E-state index in [1.54, 1.807) is 0 Å². The molecule has 0 unspecified atom stereocenters. The molecule has 1 aromatic heterocycles. The van der Waals surface area contributed by atoms with E-state index >= 15 is 0 Å². The molecule has 3 heteroatoms. The van der Waals surface area contributed by atoms with Crippen LogP contribution in [0, 0.1) is 11.8 Å². The molecule has 0 spiro atoms. The predicted octanol–water partition coefficient (Wildman–Crippen LogP) is 4.37. The first-order valence-corrected chi connectivity index (χ1v) is 10.2. The summed E-state index contributed by atoms with van der Waals surface area (Å²) in [6, 6.07) is 4.44. The minimum atomic E-state index is 0.938. The van der Waals surface area contributed by atoms with Crippen molar-refractivity contribution in [2.24, 2.45) is 11.8 Å². The number of likely N-dealkylation sites (tertiary alicyclic amines) is 1. The van der Waals surface area contributed by atoms with Gasteiger partial charge in [0.05, 0.1) is 0 Å². The van der Waals surface area contributed by atoms with Gasteiger partial charge < -0.3 is 9.80 Å². The van der Waals surface area contributed by atoms with E-state index in [9.17, 15) is 0 Å². The van der Waals surface area contributed by atoms with E-state index < -0.39 is 0 Å². The van der Waals surface area contributed by atoms with Crippen molar-refractivity contribution in [2.45, 2.75) is 58.8 Å². The summed E-state index contributed by atoms with van der Waals surface area (Å²) in [5.41, 5.74) is 1.34. The number of anilines is 1. The summed E-state index contributed by atoms with van der Waals surface area (Å²) in [4.78, 5) is 9.78. The Bertz CT molecular complexity index is 476. The van der Waals surface area contributed by atoms with Crippen molar-refractivity contribution in [3.63, 3.8) is 0 Å². The van der Waals surface area contributed by atoms with Gasteiger partial charge in [-0.25, -0.2) is 4.98 Å². The fourth-order valence-electron chi connectivity index (χ4n) is 4.41. The Balaban J connectivity index is 1.40. The van der Waals surface area contributed by atoms with Crippen LogP contribution in [-0.2, 0) is 6.42 Å². The van der Waals surface area contributed by atoms with Crippen LogP contribution in [-0.4, -0.2) is 42.6 Å². The molecule has 0 saturated carbocycles. The number of pyridine rings is 1. The van der Waals surface area contributed by atoms with Crippen LogP contribution < -0.4 is 4.90 Å². The van der Waals surface area contributed by atoms with Crippen molar-refractivity contribution in [3.05, 3.63) is 23.9 Å². The summed E-state index contributed by atoms with van der Waals surface area (Å²) >= 11 is 0. The fourth-order valence-corrected chi connectivity index (χ4v) is 4.41. The maximum absolute atomic E-state index is 4.66. The van der Waals surface area contributed by atoms with Crippen molar-refractivity contribution in [3.8, 4) is 0 Å². The van der Waals surface area contributed by atoms with Crippen LogP contribution in [0.2, 0.25) is 0 Å². The van der Waals surface area contributed by atoms with Gasteiger partial charge in [0.2, 0.25) is 0 Å². The van der Waals surface area contributed by atoms with Crippen molar-refractivity contribution in [1.82, 2.24) is 9.88 Å². The fraction of sp³-hybridized carbons (Fsp3) is 0.762. The highest BCUT2D eigenvalue weighted by atomic mass is 15.2. The third-order valence-electron chi connectivity index (χ3n) is 6.19. The summed E-state index contributed by atoms with van der Waals surface area (Å²) < 4.78 is 0. The van der Waals surface area contributed by atoms with E-state index in [1.165, 1.54) is 82.6 Å². The zero-order valence-corrected chi connectivity index (χ0v) is 15.7. The second-order valence-electron chi connectivity index (χ2n) is 7.79. The highest BCUT2D eigenvalue weighted by Crippen LogP contribution is 2.29. The topological polar surface area (TPSA) is 19.4 Å². The van der Waals surface area contributed by atoms with Gasteiger partial charge in [-0.2, -0.15) is 0 Å². The van der Waals surface area contributed by atoms with Crippen molar-refractivity contribution in [1.29, 1.82) is 0 Å². The van der Waals surface area contributed by atoms with E-state index in [-0.39, 0.29) is 0 Å². The Morgan fingerprint density at radius 2 is 1.79 bits per heavy atom. The lowest BCUT2D eigenvalue weighted by Gasteiger charge is -2.35. The van der Waals surface area contributed by atoms with Crippen LogP contribution >= 0.6 is 0 Å². The maximum atomic E-state index is 4.66. The smallest absolute Gasteiger partial charge is 0.128 e. The van der Waals surface area contributed by atoms with Gasteiger partial charge in [-0.15, -0.1) is 0 Å². The van der Waals surface area contributed by atoms with Crippen LogP contribution in [0.4, 0.5) is 5.82 Å². The molecule has 0 bridgehead atoms.